The average molecular weight is 332 g/mol. The molecule has 2 amide bonds. The molecule has 2 heterocycles. The molecule has 118 valence electrons. The summed E-state index contributed by atoms with van der Waals surface area (Å²) in [5, 5.41) is 3.45. The van der Waals surface area contributed by atoms with Gasteiger partial charge in [0.05, 0.1) is 5.56 Å². The monoisotopic (exact) mass is 331 g/mol. The molecule has 3 N–H and O–H groups in total. The minimum Gasteiger partial charge on any atom is -0.365 e. The van der Waals surface area contributed by atoms with E-state index in [4.69, 9.17) is 5.73 Å². The SMILES string of the molecule is CCN1CCc2c(sc(NC(=O)C(C)C)c2C(N)=O)C1.Cl. The van der Waals surface area contributed by atoms with Gasteiger partial charge in [0.15, 0.2) is 0 Å². The van der Waals surface area contributed by atoms with E-state index in [1.807, 2.05) is 13.8 Å². The Morgan fingerprint density at radius 3 is 2.62 bits per heavy atom. The standard InChI is InChI=1S/C14H21N3O2S.ClH/c1-4-17-6-5-9-10(7-17)20-14(11(9)12(15)18)16-13(19)8(2)3;/h8H,4-7H2,1-3H3,(H2,15,18)(H,16,19);1H. The van der Waals surface area contributed by atoms with Gasteiger partial charge in [-0.3, -0.25) is 14.5 Å². The lowest BCUT2D eigenvalue weighted by atomic mass is 10.0. The number of thiophene rings is 1. The van der Waals surface area contributed by atoms with Crippen molar-refractivity contribution in [2.75, 3.05) is 18.4 Å². The zero-order valence-electron chi connectivity index (χ0n) is 12.6. The van der Waals surface area contributed by atoms with Crippen LogP contribution in [0, 0.1) is 5.92 Å². The summed E-state index contributed by atoms with van der Waals surface area (Å²) in [5.74, 6) is -0.660. The fourth-order valence-corrected chi connectivity index (χ4v) is 3.63. The summed E-state index contributed by atoms with van der Waals surface area (Å²) in [6.45, 7) is 8.51. The van der Waals surface area contributed by atoms with Crippen molar-refractivity contribution < 1.29 is 9.59 Å². The molecular weight excluding hydrogens is 310 g/mol. The number of halogens is 1. The quantitative estimate of drug-likeness (QED) is 0.888. The molecule has 0 aromatic carbocycles. The highest BCUT2D eigenvalue weighted by Crippen LogP contribution is 2.37. The molecule has 0 saturated heterocycles. The Bertz CT molecular complexity index is 543. The second-order valence-corrected chi connectivity index (χ2v) is 6.44. The molecule has 0 bridgehead atoms. The molecule has 1 aromatic rings. The van der Waals surface area contributed by atoms with Crippen molar-refractivity contribution in [1.29, 1.82) is 0 Å². The van der Waals surface area contributed by atoms with Gasteiger partial charge in [-0.15, -0.1) is 23.7 Å². The van der Waals surface area contributed by atoms with Gasteiger partial charge in [0.1, 0.15) is 5.00 Å². The Hall–Kier alpha value is -1.11. The number of carbonyl (C=O) groups is 2. The Morgan fingerprint density at radius 1 is 1.43 bits per heavy atom. The molecule has 0 unspecified atom stereocenters. The highest BCUT2D eigenvalue weighted by molar-refractivity contribution is 7.17. The molecule has 0 saturated carbocycles. The lowest BCUT2D eigenvalue weighted by Crippen LogP contribution is -2.30. The van der Waals surface area contributed by atoms with E-state index < -0.39 is 5.91 Å². The summed E-state index contributed by atoms with van der Waals surface area (Å²) in [6.07, 6.45) is 0.815. The van der Waals surface area contributed by atoms with Gasteiger partial charge < -0.3 is 11.1 Å². The highest BCUT2D eigenvalue weighted by atomic mass is 35.5. The fraction of sp³-hybridized carbons (Fsp3) is 0.571. The molecule has 0 fully saturated rings. The van der Waals surface area contributed by atoms with Crippen LogP contribution in [-0.4, -0.2) is 29.8 Å². The number of nitrogens with zero attached hydrogens (tertiary/aromatic N) is 1. The molecule has 1 aliphatic heterocycles. The Labute approximate surface area is 135 Å². The van der Waals surface area contributed by atoms with Crippen LogP contribution in [0.15, 0.2) is 0 Å². The maximum atomic E-state index is 11.9. The number of primary amides is 1. The smallest absolute Gasteiger partial charge is 0.251 e. The van der Waals surface area contributed by atoms with E-state index in [9.17, 15) is 9.59 Å². The van der Waals surface area contributed by atoms with Crippen LogP contribution in [0.5, 0.6) is 0 Å². The van der Waals surface area contributed by atoms with Crippen molar-refractivity contribution in [3.05, 3.63) is 16.0 Å². The van der Waals surface area contributed by atoms with Crippen molar-refractivity contribution in [2.24, 2.45) is 11.7 Å². The molecule has 2 rings (SSSR count). The van der Waals surface area contributed by atoms with Gasteiger partial charge in [-0.05, 0) is 18.5 Å². The Morgan fingerprint density at radius 2 is 2.10 bits per heavy atom. The Balaban J connectivity index is 0.00000220. The number of hydrogen-bond donors (Lipinski definition) is 2. The Kier molecular flexibility index (Phi) is 6.19. The normalized spacial score (nSPS) is 14.5. The highest BCUT2D eigenvalue weighted by Gasteiger charge is 2.27. The number of likely N-dealkylation sites (N-methyl/N-ethyl adjacent to an activating group) is 1. The van der Waals surface area contributed by atoms with Gasteiger partial charge in [0, 0.05) is 23.9 Å². The summed E-state index contributed by atoms with van der Waals surface area (Å²) in [4.78, 5) is 27.0. The number of amides is 2. The van der Waals surface area contributed by atoms with Crippen LogP contribution in [0.3, 0.4) is 0 Å². The maximum absolute atomic E-state index is 11.9. The summed E-state index contributed by atoms with van der Waals surface area (Å²) < 4.78 is 0. The third-order valence-electron chi connectivity index (χ3n) is 3.59. The van der Waals surface area contributed by atoms with E-state index in [1.54, 1.807) is 0 Å². The maximum Gasteiger partial charge on any atom is 0.251 e. The zero-order chi connectivity index (χ0) is 14.9. The van der Waals surface area contributed by atoms with Gasteiger partial charge >= 0.3 is 0 Å². The van der Waals surface area contributed by atoms with Crippen LogP contribution in [-0.2, 0) is 17.8 Å². The van der Waals surface area contributed by atoms with Crippen LogP contribution in [0.4, 0.5) is 5.00 Å². The number of fused-ring (bicyclic) bond motifs is 1. The van der Waals surface area contributed by atoms with Crippen molar-refractivity contribution in [3.63, 3.8) is 0 Å². The molecule has 0 atom stereocenters. The third kappa shape index (κ3) is 3.75. The lowest BCUT2D eigenvalue weighted by molar-refractivity contribution is -0.118. The number of rotatable bonds is 4. The van der Waals surface area contributed by atoms with Crippen LogP contribution in [0.2, 0.25) is 0 Å². The van der Waals surface area contributed by atoms with Gasteiger partial charge in [0.2, 0.25) is 5.91 Å². The van der Waals surface area contributed by atoms with Gasteiger partial charge in [0.25, 0.3) is 5.91 Å². The van der Waals surface area contributed by atoms with E-state index in [2.05, 4.69) is 17.1 Å². The molecular formula is C14H22ClN3O2S. The molecule has 0 aliphatic carbocycles. The molecule has 1 aromatic heterocycles. The molecule has 5 nitrogen and oxygen atoms in total. The first kappa shape index (κ1) is 17.9. The van der Waals surface area contributed by atoms with Crippen LogP contribution >= 0.6 is 23.7 Å². The van der Waals surface area contributed by atoms with E-state index in [1.165, 1.54) is 11.3 Å². The van der Waals surface area contributed by atoms with Gasteiger partial charge in [-0.25, -0.2) is 0 Å². The van der Waals surface area contributed by atoms with Crippen molar-refractivity contribution in [1.82, 2.24) is 4.90 Å². The summed E-state index contributed by atoms with van der Waals surface area (Å²) in [7, 11) is 0. The predicted octanol–water partition coefficient (Wildman–Crippen LogP) is 2.24. The molecule has 0 radical (unpaired) electrons. The lowest BCUT2D eigenvalue weighted by Gasteiger charge is -2.25. The first-order valence-electron chi connectivity index (χ1n) is 6.91. The molecule has 21 heavy (non-hydrogen) atoms. The predicted molar refractivity (Wildman–Crippen MR) is 88.2 cm³/mol. The van der Waals surface area contributed by atoms with Gasteiger partial charge in [-0.2, -0.15) is 0 Å². The zero-order valence-corrected chi connectivity index (χ0v) is 14.2. The van der Waals surface area contributed by atoms with Crippen molar-refractivity contribution in [2.45, 2.75) is 33.7 Å². The topological polar surface area (TPSA) is 75.4 Å². The van der Waals surface area contributed by atoms with Crippen molar-refractivity contribution in [3.8, 4) is 0 Å². The number of hydrogen-bond acceptors (Lipinski definition) is 4. The molecule has 0 spiro atoms. The third-order valence-corrected chi connectivity index (χ3v) is 4.72. The molecule has 7 heteroatoms. The number of nitrogens with two attached hydrogens (primary N) is 1. The van der Waals surface area contributed by atoms with E-state index in [0.717, 1.165) is 36.5 Å². The van der Waals surface area contributed by atoms with Crippen LogP contribution < -0.4 is 11.1 Å². The van der Waals surface area contributed by atoms with Crippen LogP contribution in [0.1, 0.15) is 41.6 Å². The summed E-state index contributed by atoms with van der Waals surface area (Å²) >= 11 is 1.48. The molecule has 1 aliphatic rings. The van der Waals surface area contributed by atoms with E-state index in [0.29, 0.717) is 10.6 Å². The minimum absolute atomic E-state index is 0. The second-order valence-electron chi connectivity index (χ2n) is 5.33. The number of anilines is 1. The first-order valence-corrected chi connectivity index (χ1v) is 7.73. The number of carbonyl (C=O) groups excluding carboxylic acids is 2. The fourth-order valence-electron chi connectivity index (χ4n) is 2.33. The van der Waals surface area contributed by atoms with Crippen molar-refractivity contribution >= 4 is 40.6 Å². The van der Waals surface area contributed by atoms with Gasteiger partial charge in [-0.1, -0.05) is 20.8 Å². The van der Waals surface area contributed by atoms with Crippen LogP contribution in [0.25, 0.3) is 0 Å². The summed E-state index contributed by atoms with van der Waals surface area (Å²) in [5.41, 5.74) is 7.03. The van der Waals surface area contributed by atoms with E-state index in [-0.39, 0.29) is 24.2 Å². The summed E-state index contributed by atoms with van der Waals surface area (Å²) in [6, 6.07) is 0. The van der Waals surface area contributed by atoms with E-state index >= 15 is 0 Å². The first-order chi connectivity index (χ1) is 9.43. The average Bonchev–Trinajstić information content (AvgIpc) is 2.75. The number of nitrogens with one attached hydrogen (secondary N) is 1. The second kappa shape index (κ2) is 7.24. The minimum atomic E-state index is -0.452. The largest absolute Gasteiger partial charge is 0.365 e.